The van der Waals surface area contributed by atoms with E-state index in [2.05, 4.69) is 0 Å². The first-order chi connectivity index (χ1) is 6.00. The number of ether oxygens (including phenoxy) is 1. The van der Waals surface area contributed by atoms with E-state index in [1.807, 2.05) is 6.92 Å². The highest BCUT2D eigenvalue weighted by Crippen LogP contribution is 2.48. The summed E-state index contributed by atoms with van der Waals surface area (Å²) >= 11 is 0. The van der Waals surface area contributed by atoms with Crippen molar-refractivity contribution >= 4 is 0 Å². The molecule has 1 aliphatic heterocycles. The molecule has 2 atom stereocenters. The van der Waals surface area contributed by atoms with Gasteiger partial charge in [0.05, 0.1) is 6.61 Å². The molecule has 0 aromatic heterocycles. The van der Waals surface area contributed by atoms with Gasteiger partial charge in [-0.1, -0.05) is 18.1 Å². The summed E-state index contributed by atoms with van der Waals surface area (Å²) in [7, 11) is 0. The van der Waals surface area contributed by atoms with E-state index < -0.39 is 12.3 Å². The van der Waals surface area contributed by atoms with Crippen molar-refractivity contribution in [3.8, 4) is 0 Å². The first kappa shape index (κ1) is 9.06. The Morgan fingerprint density at radius 3 is 2.62 bits per heavy atom. The van der Waals surface area contributed by atoms with Crippen molar-refractivity contribution in [1.29, 1.82) is 0 Å². The molecule has 0 aromatic carbocycles. The molecule has 1 nitrogen and oxygen atoms in total. The summed E-state index contributed by atoms with van der Waals surface area (Å²) in [5.74, 6) is 0.314. The molecule has 0 aromatic rings. The van der Waals surface area contributed by atoms with Crippen molar-refractivity contribution in [2.24, 2.45) is 5.92 Å². The maximum atomic E-state index is 12.3. The van der Waals surface area contributed by atoms with Crippen molar-refractivity contribution in [3.05, 3.63) is 11.1 Å². The van der Waals surface area contributed by atoms with E-state index in [9.17, 15) is 13.2 Å². The van der Waals surface area contributed by atoms with E-state index in [0.717, 1.165) is 5.57 Å². The van der Waals surface area contributed by atoms with Crippen molar-refractivity contribution in [1.82, 2.24) is 0 Å². The van der Waals surface area contributed by atoms with Crippen LogP contribution >= 0.6 is 0 Å². The predicted molar refractivity (Wildman–Crippen MR) is 41.2 cm³/mol. The molecule has 13 heavy (non-hydrogen) atoms. The van der Waals surface area contributed by atoms with E-state index in [4.69, 9.17) is 4.74 Å². The molecule has 0 saturated heterocycles. The van der Waals surface area contributed by atoms with Gasteiger partial charge in [0, 0.05) is 6.42 Å². The van der Waals surface area contributed by atoms with Crippen molar-refractivity contribution < 1.29 is 17.9 Å². The number of hydrogen-bond donors (Lipinski definition) is 0. The van der Waals surface area contributed by atoms with Crippen LogP contribution in [0.25, 0.3) is 0 Å². The average Bonchev–Trinajstić information content (AvgIpc) is 2.65. The minimum absolute atomic E-state index is 0.0556. The van der Waals surface area contributed by atoms with Crippen LogP contribution in [0.4, 0.5) is 13.2 Å². The monoisotopic (exact) mass is 192 g/mol. The van der Waals surface area contributed by atoms with Gasteiger partial charge in [0.15, 0.2) is 6.10 Å². The van der Waals surface area contributed by atoms with Crippen molar-refractivity contribution in [2.45, 2.75) is 32.0 Å². The zero-order valence-electron chi connectivity index (χ0n) is 7.32. The Labute approximate surface area is 74.6 Å². The minimum Gasteiger partial charge on any atom is -0.368 e. The van der Waals surface area contributed by atoms with Gasteiger partial charge in [-0.05, 0) is 12.3 Å². The molecular formula is C9H11F3O. The van der Waals surface area contributed by atoms with Crippen LogP contribution in [0.5, 0.6) is 0 Å². The Hall–Kier alpha value is -0.510. The second-order valence-corrected chi connectivity index (χ2v) is 3.63. The molecule has 0 N–H and O–H groups in total. The molecule has 2 aliphatic rings. The third-order valence-corrected chi connectivity index (χ3v) is 2.84. The fourth-order valence-electron chi connectivity index (χ4n) is 1.93. The zero-order chi connectivity index (χ0) is 9.64. The average molecular weight is 192 g/mol. The molecule has 1 unspecified atom stereocenters. The van der Waals surface area contributed by atoms with Crippen LogP contribution in [0.15, 0.2) is 11.1 Å². The molecule has 0 amide bonds. The SMILES string of the molecule is CC1C2=C1C[C@H](C(F)(F)F)OCC2. The molecule has 2 rings (SSSR count). The number of hydrogen-bond acceptors (Lipinski definition) is 1. The predicted octanol–water partition coefficient (Wildman–Crippen LogP) is 2.67. The summed E-state index contributed by atoms with van der Waals surface area (Å²) < 4.78 is 41.6. The van der Waals surface area contributed by atoms with Gasteiger partial charge in [0.25, 0.3) is 0 Å². The second kappa shape index (κ2) is 2.74. The lowest BCUT2D eigenvalue weighted by atomic mass is 10.1. The molecule has 0 bridgehead atoms. The van der Waals surface area contributed by atoms with Gasteiger partial charge in [0.2, 0.25) is 0 Å². The van der Waals surface area contributed by atoms with E-state index in [0.29, 0.717) is 12.3 Å². The Morgan fingerprint density at radius 1 is 1.31 bits per heavy atom. The van der Waals surface area contributed by atoms with Gasteiger partial charge in [-0.3, -0.25) is 0 Å². The quantitative estimate of drug-likeness (QED) is 0.536. The lowest BCUT2D eigenvalue weighted by Crippen LogP contribution is -2.31. The fraction of sp³-hybridized carbons (Fsp3) is 0.778. The third kappa shape index (κ3) is 1.59. The lowest BCUT2D eigenvalue weighted by Gasteiger charge is -2.19. The lowest BCUT2D eigenvalue weighted by molar-refractivity contribution is -0.218. The minimum atomic E-state index is -4.20. The van der Waals surface area contributed by atoms with E-state index in [-0.39, 0.29) is 13.0 Å². The summed E-state index contributed by atoms with van der Waals surface area (Å²) in [5, 5.41) is 0. The summed E-state index contributed by atoms with van der Waals surface area (Å²) in [6, 6.07) is 0. The molecule has 1 aliphatic carbocycles. The summed E-state index contributed by atoms with van der Waals surface area (Å²) in [6.45, 7) is 2.18. The summed E-state index contributed by atoms with van der Waals surface area (Å²) in [6.07, 6.45) is -5.03. The van der Waals surface area contributed by atoms with Crippen LogP contribution in [0, 0.1) is 5.92 Å². The fourth-order valence-corrected chi connectivity index (χ4v) is 1.93. The van der Waals surface area contributed by atoms with Crippen LogP contribution in [-0.4, -0.2) is 18.9 Å². The van der Waals surface area contributed by atoms with E-state index in [1.165, 1.54) is 5.57 Å². The maximum absolute atomic E-state index is 12.3. The molecule has 0 radical (unpaired) electrons. The second-order valence-electron chi connectivity index (χ2n) is 3.63. The molecule has 74 valence electrons. The number of alkyl halides is 3. The standard InChI is InChI=1S/C9H11F3O/c1-5-6-2-3-13-8(4-7(5)6)9(10,11)12/h5,8H,2-4H2,1H3/t5?,8-/m1/s1. The van der Waals surface area contributed by atoms with Crippen LogP contribution in [0.2, 0.25) is 0 Å². The summed E-state index contributed by atoms with van der Waals surface area (Å²) in [4.78, 5) is 0. The molecule has 0 saturated carbocycles. The Morgan fingerprint density at radius 2 is 2.00 bits per heavy atom. The van der Waals surface area contributed by atoms with Gasteiger partial charge in [-0.2, -0.15) is 13.2 Å². The van der Waals surface area contributed by atoms with Gasteiger partial charge in [0.1, 0.15) is 0 Å². The molecule has 0 spiro atoms. The smallest absolute Gasteiger partial charge is 0.368 e. The third-order valence-electron chi connectivity index (χ3n) is 2.84. The summed E-state index contributed by atoms with van der Waals surface area (Å²) in [5.41, 5.74) is 2.16. The number of rotatable bonds is 0. The van der Waals surface area contributed by atoms with Crippen LogP contribution in [0.1, 0.15) is 19.8 Å². The van der Waals surface area contributed by atoms with Gasteiger partial charge >= 0.3 is 6.18 Å². The number of halogens is 3. The zero-order valence-corrected chi connectivity index (χ0v) is 7.32. The van der Waals surface area contributed by atoms with Crippen LogP contribution < -0.4 is 0 Å². The maximum Gasteiger partial charge on any atom is 0.414 e. The largest absolute Gasteiger partial charge is 0.414 e. The van der Waals surface area contributed by atoms with Crippen molar-refractivity contribution in [2.75, 3.05) is 6.61 Å². The van der Waals surface area contributed by atoms with Crippen molar-refractivity contribution in [3.63, 3.8) is 0 Å². The molecule has 0 fully saturated rings. The first-order valence-electron chi connectivity index (χ1n) is 4.40. The highest BCUT2D eigenvalue weighted by molar-refractivity contribution is 5.41. The Kier molecular flexibility index (Phi) is 1.91. The van der Waals surface area contributed by atoms with Crippen LogP contribution in [0.3, 0.4) is 0 Å². The molecule has 4 heteroatoms. The van der Waals surface area contributed by atoms with E-state index >= 15 is 0 Å². The highest BCUT2D eigenvalue weighted by atomic mass is 19.4. The normalized spacial score (nSPS) is 34.2. The highest BCUT2D eigenvalue weighted by Gasteiger charge is 2.46. The topological polar surface area (TPSA) is 9.23 Å². The van der Waals surface area contributed by atoms with Gasteiger partial charge < -0.3 is 4.74 Å². The van der Waals surface area contributed by atoms with E-state index in [1.54, 1.807) is 0 Å². The van der Waals surface area contributed by atoms with Gasteiger partial charge in [-0.25, -0.2) is 0 Å². The van der Waals surface area contributed by atoms with Gasteiger partial charge in [-0.15, -0.1) is 0 Å². The van der Waals surface area contributed by atoms with Crippen LogP contribution in [-0.2, 0) is 4.74 Å². The Bertz CT molecular complexity index is 254. The Balaban J connectivity index is 2.05. The first-order valence-corrected chi connectivity index (χ1v) is 4.40. The molecule has 1 heterocycles. The molecular weight excluding hydrogens is 181 g/mol.